The molecule has 0 unspecified atom stereocenters. The number of pyridine rings is 1. The fourth-order valence-corrected chi connectivity index (χ4v) is 2.05. The number of nitrogens with zero attached hydrogens (tertiary/aromatic N) is 1. The SMILES string of the molecule is N=C(N)c1ccnc(Oc2ccc(F)cc2Br)c1Cl. The molecule has 1 heterocycles. The van der Waals surface area contributed by atoms with Crippen LogP contribution in [0.1, 0.15) is 5.56 Å². The highest BCUT2D eigenvalue weighted by Gasteiger charge is 2.13. The second-order valence-electron chi connectivity index (χ2n) is 3.57. The number of nitrogen functional groups attached to an aromatic ring is 1. The summed E-state index contributed by atoms with van der Waals surface area (Å²) in [7, 11) is 0. The minimum atomic E-state index is -0.393. The molecule has 0 spiro atoms. The third-order valence-electron chi connectivity index (χ3n) is 2.25. The Hall–Kier alpha value is -1.66. The maximum absolute atomic E-state index is 13.0. The number of halogens is 3. The fourth-order valence-electron chi connectivity index (χ4n) is 1.37. The van der Waals surface area contributed by atoms with Crippen LogP contribution < -0.4 is 10.5 Å². The van der Waals surface area contributed by atoms with Crippen molar-refractivity contribution in [2.45, 2.75) is 0 Å². The first-order valence-corrected chi connectivity index (χ1v) is 6.28. The first-order valence-electron chi connectivity index (χ1n) is 5.11. The van der Waals surface area contributed by atoms with Gasteiger partial charge in [0, 0.05) is 11.8 Å². The molecule has 0 fully saturated rings. The smallest absolute Gasteiger partial charge is 0.238 e. The Balaban J connectivity index is 2.38. The van der Waals surface area contributed by atoms with Gasteiger partial charge >= 0.3 is 0 Å². The Morgan fingerprint density at radius 1 is 1.42 bits per heavy atom. The van der Waals surface area contributed by atoms with Crippen molar-refractivity contribution in [1.82, 2.24) is 4.98 Å². The molecule has 1 aromatic carbocycles. The maximum atomic E-state index is 13.0. The number of ether oxygens (including phenoxy) is 1. The zero-order chi connectivity index (χ0) is 14.0. The normalized spacial score (nSPS) is 10.3. The van der Waals surface area contributed by atoms with E-state index in [0.717, 1.165) is 0 Å². The van der Waals surface area contributed by atoms with Crippen LogP contribution >= 0.6 is 27.5 Å². The Morgan fingerprint density at radius 3 is 2.79 bits per heavy atom. The lowest BCUT2D eigenvalue weighted by Crippen LogP contribution is -2.12. The molecule has 19 heavy (non-hydrogen) atoms. The molecule has 0 aliphatic carbocycles. The average molecular weight is 345 g/mol. The van der Waals surface area contributed by atoms with E-state index in [1.165, 1.54) is 30.5 Å². The third-order valence-corrected chi connectivity index (χ3v) is 3.23. The van der Waals surface area contributed by atoms with Crippen LogP contribution in [0, 0.1) is 11.2 Å². The van der Waals surface area contributed by atoms with Gasteiger partial charge in [-0.15, -0.1) is 0 Å². The van der Waals surface area contributed by atoms with Crippen LogP contribution in [-0.2, 0) is 0 Å². The third kappa shape index (κ3) is 3.02. The molecule has 4 nitrogen and oxygen atoms in total. The van der Waals surface area contributed by atoms with E-state index in [1.54, 1.807) is 0 Å². The van der Waals surface area contributed by atoms with E-state index >= 15 is 0 Å². The number of nitrogens with one attached hydrogen (secondary N) is 1. The molecule has 0 aliphatic heterocycles. The summed E-state index contributed by atoms with van der Waals surface area (Å²) in [4.78, 5) is 3.96. The molecule has 0 bridgehead atoms. The molecule has 0 saturated carbocycles. The summed E-state index contributed by atoms with van der Waals surface area (Å²) in [6.45, 7) is 0. The van der Waals surface area contributed by atoms with Gasteiger partial charge in [-0.25, -0.2) is 9.37 Å². The van der Waals surface area contributed by atoms with Gasteiger partial charge in [0.25, 0.3) is 0 Å². The topological polar surface area (TPSA) is 72.0 Å². The number of hydrogen-bond donors (Lipinski definition) is 2. The summed E-state index contributed by atoms with van der Waals surface area (Å²) in [5.41, 5.74) is 5.71. The standard InChI is InChI=1S/C12H8BrClFN3O/c13-8-5-6(15)1-2-9(8)19-12-10(14)7(11(16)17)3-4-18-12/h1-5H,(H3,16,17). The Morgan fingerprint density at radius 2 is 2.16 bits per heavy atom. The summed E-state index contributed by atoms with van der Waals surface area (Å²) in [6, 6.07) is 5.47. The highest BCUT2D eigenvalue weighted by Crippen LogP contribution is 2.33. The number of nitrogens with two attached hydrogens (primary N) is 1. The molecule has 2 aromatic rings. The van der Waals surface area contributed by atoms with Crippen molar-refractivity contribution in [2.24, 2.45) is 5.73 Å². The van der Waals surface area contributed by atoms with Gasteiger partial charge in [-0.1, -0.05) is 11.6 Å². The number of hydrogen-bond acceptors (Lipinski definition) is 3. The quantitative estimate of drug-likeness (QED) is 0.658. The predicted octanol–water partition coefficient (Wildman–Crippen LogP) is 3.71. The van der Waals surface area contributed by atoms with Crippen LogP contribution in [-0.4, -0.2) is 10.8 Å². The van der Waals surface area contributed by atoms with Gasteiger partial charge < -0.3 is 10.5 Å². The van der Waals surface area contributed by atoms with Gasteiger partial charge in [0.1, 0.15) is 22.4 Å². The number of benzene rings is 1. The van der Waals surface area contributed by atoms with Crippen molar-refractivity contribution in [2.75, 3.05) is 0 Å². The van der Waals surface area contributed by atoms with Gasteiger partial charge in [-0.3, -0.25) is 5.41 Å². The molecule has 0 aliphatic rings. The minimum absolute atomic E-state index is 0.0988. The minimum Gasteiger partial charge on any atom is -0.436 e. The van der Waals surface area contributed by atoms with Crippen molar-refractivity contribution in [3.8, 4) is 11.6 Å². The summed E-state index contributed by atoms with van der Waals surface area (Å²) < 4.78 is 18.9. The lowest BCUT2D eigenvalue weighted by atomic mass is 10.2. The van der Waals surface area contributed by atoms with Gasteiger partial charge in [0.05, 0.1) is 4.47 Å². The number of amidine groups is 1. The van der Waals surface area contributed by atoms with Gasteiger partial charge in [-0.05, 0) is 40.2 Å². The van der Waals surface area contributed by atoms with E-state index in [0.29, 0.717) is 15.8 Å². The summed E-state index contributed by atoms with van der Waals surface area (Å²) in [5.74, 6) is -0.121. The van der Waals surface area contributed by atoms with Crippen LogP contribution in [0.3, 0.4) is 0 Å². The predicted molar refractivity (Wildman–Crippen MR) is 74.4 cm³/mol. The van der Waals surface area contributed by atoms with E-state index in [1.807, 2.05) is 0 Å². The van der Waals surface area contributed by atoms with E-state index in [-0.39, 0.29) is 16.7 Å². The zero-order valence-corrected chi connectivity index (χ0v) is 11.8. The largest absolute Gasteiger partial charge is 0.436 e. The fraction of sp³-hybridized carbons (Fsp3) is 0. The number of rotatable bonds is 3. The molecule has 0 atom stereocenters. The van der Waals surface area contributed by atoms with Crippen LogP contribution in [0.15, 0.2) is 34.9 Å². The lowest BCUT2D eigenvalue weighted by molar-refractivity contribution is 0.458. The summed E-state index contributed by atoms with van der Waals surface area (Å²) in [6.07, 6.45) is 1.43. The highest BCUT2D eigenvalue weighted by molar-refractivity contribution is 9.10. The van der Waals surface area contributed by atoms with Crippen molar-refractivity contribution in [1.29, 1.82) is 5.41 Å². The first kappa shape index (κ1) is 13.8. The molecule has 98 valence electrons. The Bertz CT molecular complexity index is 651. The van der Waals surface area contributed by atoms with Gasteiger partial charge in [0.15, 0.2) is 0 Å². The van der Waals surface area contributed by atoms with Crippen LogP contribution in [0.2, 0.25) is 5.02 Å². The van der Waals surface area contributed by atoms with Gasteiger partial charge in [0.2, 0.25) is 5.88 Å². The van der Waals surface area contributed by atoms with Gasteiger partial charge in [-0.2, -0.15) is 0 Å². The van der Waals surface area contributed by atoms with Crippen molar-refractivity contribution in [3.63, 3.8) is 0 Å². The molecule has 0 amide bonds. The van der Waals surface area contributed by atoms with E-state index in [9.17, 15) is 4.39 Å². The zero-order valence-electron chi connectivity index (χ0n) is 9.45. The van der Waals surface area contributed by atoms with E-state index in [2.05, 4.69) is 20.9 Å². The number of aromatic nitrogens is 1. The molecule has 7 heteroatoms. The van der Waals surface area contributed by atoms with Crippen LogP contribution in [0.25, 0.3) is 0 Å². The molecule has 3 N–H and O–H groups in total. The monoisotopic (exact) mass is 343 g/mol. The molecule has 0 radical (unpaired) electrons. The van der Waals surface area contributed by atoms with Crippen molar-refractivity contribution < 1.29 is 9.13 Å². The lowest BCUT2D eigenvalue weighted by Gasteiger charge is -2.10. The highest BCUT2D eigenvalue weighted by atomic mass is 79.9. The van der Waals surface area contributed by atoms with Crippen molar-refractivity contribution in [3.05, 3.63) is 51.3 Å². The summed E-state index contributed by atoms with van der Waals surface area (Å²) in [5, 5.41) is 7.50. The van der Waals surface area contributed by atoms with Crippen molar-refractivity contribution >= 4 is 33.4 Å². The molecule has 1 aromatic heterocycles. The molecular formula is C12H8BrClFN3O. The maximum Gasteiger partial charge on any atom is 0.238 e. The average Bonchev–Trinajstić information content (AvgIpc) is 2.34. The van der Waals surface area contributed by atoms with E-state index in [4.69, 9.17) is 27.5 Å². The molecule has 2 rings (SSSR count). The molecule has 0 saturated heterocycles. The summed E-state index contributed by atoms with van der Waals surface area (Å²) >= 11 is 9.21. The van der Waals surface area contributed by atoms with E-state index < -0.39 is 5.82 Å². The van der Waals surface area contributed by atoms with Crippen LogP contribution in [0.4, 0.5) is 4.39 Å². The Labute approximate surface area is 122 Å². The Kier molecular flexibility index (Phi) is 4.01. The molecular weight excluding hydrogens is 337 g/mol. The first-order chi connectivity index (χ1) is 8.99. The second kappa shape index (κ2) is 5.54. The second-order valence-corrected chi connectivity index (χ2v) is 4.80. The van der Waals surface area contributed by atoms with Crippen LogP contribution in [0.5, 0.6) is 11.6 Å².